The van der Waals surface area contributed by atoms with E-state index in [-0.39, 0.29) is 11.6 Å². The molecular formula is C17H26Cl2N2. The Morgan fingerprint density at radius 2 is 1.76 bits per heavy atom. The van der Waals surface area contributed by atoms with E-state index in [1.807, 2.05) is 12.1 Å². The molecule has 2 rings (SSSR count). The summed E-state index contributed by atoms with van der Waals surface area (Å²) < 4.78 is 0. The first-order chi connectivity index (χ1) is 10.1. The van der Waals surface area contributed by atoms with Crippen molar-refractivity contribution >= 4 is 23.2 Å². The van der Waals surface area contributed by atoms with Crippen LogP contribution in [0.15, 0.2) is 18.2 Å². The summed E-state index contributed by atoms with van der Waals surface area (Å²) in [6, 6.07) is 6.33. The molecule has 118 valence electrons. The number of nitrogens with one attached hydrogen (secondary N) is 1. The van der Waals surface area contributed by atoms with E-state index < -0.39 is 0 Å². The molecule has 1 fully saturated rings. The second-order valence-corrected chi connectivity index (χ2v) is 6.69. The molecule has 1 saturated carbocycles. The van der Waals surface area contributed by atoms with Crippen molar-refractivity contribution in [3.63, 3.8) is 0 Å². The number of rotatable bonds is 6. The molecule has 0 bridgehead atoms. The van der Waals surface area contributed by atoms with Crippen LogP contribution in [0.2, 0.25) is 10.0 Å². The first-order valence-corrected chi connectivity index (χ1v) is 8.72. The van der Waals surface area contributed by atoms with Gasteiger partial charge < -0.3 is 5.32 Å². The number of benzene rings is 1. The topological polar surface area (TPSA) is 15.3 Å². The molecule has 1 aromatic rings. The van der Waals surface area contributed by atoms with Crippen molar-refractivity contribution in [3.8, 4) is 0 Å². The lowest BCUT2D eigenvalue weighted by Crippen LogP contribution is -2.54. The highest BCUT2D eigenvalue weighted by molar-refractivity contribution is 6.42. The minimum atomic E-state index is 0.190. The monoisotopic (exact) mass is 328 g/mol. The fourth-order valence-electron chi connectivity index (χ4n) is 4.07. The fraction of sp³-hybridized carbons (Fsp3) is 0.647. The summed E-state index contributed by atoms with van der Waals surface area (Å²) >= 11 is 12.3. The molecular weight excluding hydrogens is 303 g/mol. The van der Waals surface area contributed by atoms with Gasteiger partial charge in [0.2, 0.25) is 0 Å². The van der Waals surface area contributed by atoms with Gasteiger partial charge in [0, 0.05) is 5.54 Å². The Morgan fingerprint density at radius 3 is 2.24 bits per heavy atom. The van der Waals surface area contributed by atoms with E-state index in [0.717, 1.165) is 13.1 Å². The van der Waals surface area contributed by atoms with E-state index in [2.05, 4.69) is 37.2 Å². The Labute approximate surface area is 138 Å². The SMILES string of the molecule is CCN(CC)C1(C(NC)c2ccc(Cl)c(Cl)c2)CCCC1. The minimum Gasteiger partial charge on any atom is -0.311 e. The van der Waals surface area contributed by atoms with Gasteiger partial charge in [0.1, 0.15) is 0 Å². The van der Waals surface area contributed by atoms with Crippen LogP contribution in [0.5, 0.6) is 0 Å². The lowest BCUT2D eigenvalue weighted by molar-refractivity contribution is 0.0655. The summed E-state index contributed by atoms with van der Waals surface area (Å²) in [5.41, 5.74) is 1.43. The number of hydrogen-bond donors (Lipinski definition) is 1. The zero-order valence-electron chi connectivity index (χ0n) is 13.3. The van der Waals surface area contributed by atoms with E-state index in [1.54, 1.807) is 0 Å². The molecule has 4 heteroatoms. The van der Waals surface area contributed by atoms with E-state index in [4.69, 9.17) is 23.2 Å². The third-order valence-corrected chi connectivity index (χ3v) is 5.70. The molecule has 0 aromatic heterocycles. The number of likely N-dealkylation sites (N-methyl/N-ethyl adjacent to an activating group) is 2. The zero-order valence-corrected chi connectivity index (χ0v) is 14.8. The number of nitrogens with zero attached hydrogens (tertiary/aromatic N) is 1. The maximum Gasteiger partial charge on any atom is 0.0595 e. The molecule has 21 heavy (non-hydrogen) atoms. The molecule has 0 aliphatic heterocycles. The Bertz CT molecular complexity index is 466. The standard InChI is InChI=1S/C17H26Cl2N2/c1-4-21(5-2)17(10-6-7-11-17)16(20-3)13-8-9-14(18)15(19)12-13/h8-9,12,16,20H,4-7,10-11H2,1-3H3. The van der Waals surface area contributed by atoms with Crippen LogP contribution < -0.4 is 5.32 Å². The average Bonchev–Trinajstić information content (AvgIpc) is 2.95. The van der Waals surface area contributed by atoms with Gasteiger partial charge in [-0.25, -0.2) is 0 Å². The summed E-state index contributed by atoms with van der Waals surface area (Å²) in [5.74, 6) is 0. The normalized spacial score (nSPS) is 19.1. The van der Waals surface area contributed by atoms with Crippen molar-refractivity contribution in [2.75, 3.05) is 20.1 Å². The second kappa shape index (κ2) is 7.32. The van der Waals surface area contributed by atoms with Gasteiger partial charge >= 0.3 is 0 Å². The van der Waals surface area contributed by atoms with Gasteiger partial charge in [-0.1, -0.05) is 56.0 Å². The molecule has 1 aliphatic rings. The Kier molecular flexibility index (Phi) is 5.96. The van der Waals surface area contributed by atoms with Crippen LogP contribution in [0.25, 0.3) is 0 Å². The molecule has 1 N–H and O–H groups in total. The minimum absolute atomic E-state index is 0.190. The van der Waals surface area contributed by atoms with Gasteiger partial charge in [-0.3, -0.25) is 4.90 Å². The summed E-state index contributed by atoms with van der Waals surface area (Å²) in [4.78, 5) is 2.61. The highest BCUT2D eigenvalue weighted by Crippen LogP contribution is 2.45. The van der Waals surface area contributed by atoms with Crippen molar-refractivity contribution in [1.82, 2.24) is 10.2 Å². The van der Waals surface area contributed by atoms with Crippen molar-refractivity contribution in [1.29, 1.82) is 0 Å². The molecule has 0 saturated heterocycles. The van der Waals surface area contributed by atoms with Crippen molar-refractivity contribution in [3.05, 3.63) is 33.8 Å². The second-order valence-electron chi connectivity index (χ2n) is 5.88. The lowest BCUT2D eigenvalue weighted by atomic mass is 9.81. The first-order valence-electron chi connectivity index (χ1n) is 7.96. The number of halogens is 2. The van der Waals surface area contributed by atoms with Gasteiger partial charge in [0.25, 0.3) is 0 Å². The van der Waals surface area contributed by atoms with E-state index >= 15 is 0 Å². The average molecular weight is 329 g/mol. The molecule has 1 aromatic carbocycles. The molecule has 0 heterocycles. The summed E-state index contributed by atoms with van der Waals surface area (Å²) in [5, 5.41) is 4.82. The predicted octanol–water partition coefficient (Wildman–Crippen LogP) is 4.91. The third kappa shape index (κ3) is 3.24. The van der Waals surface area contributed by atoms with Crippen LogP contribution in [-0.2, 0) is 0 Å². The Balaban J connectivity index is 2.42. The zero-order chi connectivity index (χ0) is 15.5. The van der Waals surface area contributed by atoms with Crippen molar-refractivity contribution < 1.29 is 0 Å². The lowest BCUT2D eigenvalue weighted by Gasteiger charge is -2.46. The predicted molar refractivity (Wildman–Crippen MR) is 92.4 cm³/mol. The molecule has 1 atom stereocenters. The summed E-state index contributed by atoms with van der Waals surface area (Å²) in [6.45, 7) is 6.67. The van der Waals surface area contributed by atoms with Crippen LogP contribution in [-0.4, -0.2) is 30.6 Å². The van der Waals surface area contributed by atoms with E-state index in [1.165, 1.54) is 31.2 Å². The van der Waals surface area contributed by atoms with Gasteiger partial charge in [-0.05, 0) is 50.7 Å². The van der Waals surface area contributed by atoms with Crippen LogP contribution in [0.3, 0.4) is 0 Å². The molecule has 1 unspecified atom stereocenters. The maximum atomic E-state index is 6.24. The molecule has 0 amide bonds. The van der Waals surface area contributed by atoms with Crippen molar-refractivity contribution in [2.45, 2.75) is 51.1 Å². The van der Waals surface area contributed by atoms with Gasteiger partial charge in [-0.2, -0.15) is 0 Å². The van der Waals surface area contributed by atoms with Gasteiger partial charge in [0.15, 0.2) is 0 Å². The van der Waals surface area contributed by atoms with Gasteiger partial charge in [-0.15, -0.1) is 0 Å². The fourth-order valence-corrected chi connectivity index (χ4v) is 4.37. The van der Waals surface area contributed by atoms with E-state index in [9.17, 15) is 0 Å². The maximum absolute atomic E-state index is 6.24. The number of hydrogen-bond acceptors (Lipinski definition) is 2. The van der Waals surface area contributed by atoms with E-state index in [0.29, 0.717) is 10.0 Å². The molecule has 2 nitrogen and oxygen atoms in total. The van der Waals surface area contributed by atoms with Crippen LogP contribution in [0.1, 0.15) is 51.1 Å². The molecule has 1 aliphatic carbocycles. The summed E-state index contributed by atoms with van der Waals surface area (Å²) in [6.07, 6.45) is 5.08. The Morgan fingerprint density at radius 1 is 1.14 bits per heavy atom. The highest BCUT2D eigenvalue weighted by Gasteiger charge is 2.45. The molecule has 0 radical (unpaired) electrons. The summed E-state index contributed by atoms with van der Waals surface area (Å²) in [7, 11) is 2.05. The van der Waals surface area contributed by atoms with Crippen LogP contribution in [0.4, 0.5) is 0 Å². The van der Waals surface area contributed by atoms with Crippen LogP contribution >= 0.6 is 23.2 Å². The molecule has 0 spiro atoms. The highest BCUT2D eigenvalue weighted by atomic mass is 35.5. The largest absolute Gasteiger partial charge is 0.311 e. The first kappa shape index (κ1) is 17.1. The van der Waals surface area contributed by atoms with Crippen LogP contribution in [0, 0.1) is 0 Å². The smallest absolute Gasteiger partial charge is 0.0595 e. The van der Waals surface area contributed by atoms with Gasteiger partial charge in [0.05, 0.1) is 16.1 Å². The Hall–Kier alpha value is -0.280. The quantitative estimate of drug-likeness (QED) is 0.798. The van der Waals surface area contributed by atoms with Crippen molar-refractivity contribution in [2.24, 2.45) is 0 Å². The third-order valence-electron chi connectivity index (χ3n) is 4.97.